The number of carbonyl (C=O) groups excluding carboxylic acids is 4. The average Bonchev–Trinajstić information content (AvgIpc) is 2.98. The highest BCUT2D eigenvalue weighted by atomic mass is 16.5. The number of nitrogens with one attached hydrogen (secondary N) is 3. The van der Waals surface area contributed by atoms with Gasteiger partial charge in [0.25, 0.3) is 0 Å². The molecule has 3 amide bonds. The van der Waals surface area contributed by atoms with Crippen molar-refractivity contribution in [3.8, 4) is 0 Å². The van der Waals surface area contributed by atoms with E-state index < -0.39 is 42.0 Å². The summed E-state index contributed by atoms with van der Waals surface area (Å²) < 4.78 is 5.99. The zero-order valence-electron chi connectivity index (χ0n) is 24.7. The van der Waals surface area contributed by atoms with Crippen LogP contribution in [-0.2, 0) is 36.8 Å². The Bertz CT molecular complexity index is 1140. The van der Waals surface area contributed by atoms with E-state index in [9.17, 15) is 19.2 Å². The van der Waals surface area contributed by atoms with Gasteiger partial charge in [0.05, 0.1) is 6.42 Å². The van der Waals surface area contributed by atoms with Gasteiger partial charge < -0.3 is 20.7 Å². The van der Waals surface area contributed by atoms with E-state index in [2.05, 4.69) is 22.9 Å². The minimum Gasteiger partial charge on any atom is -0.460 e. The molecule has 0 radical (unpaired) electrons. The molecule has 0 bridgehead atoms. The molecule has 1 fully saturated rings. The lowest BCUT2D eigenvalue weighted by Crippen LogP contribution is -2.57. The molecule has 6 atom stereocenters. The number of hydrogen-bond donors (Lipinski definition) is 3. The molecular weight excluding hydrogens is 518 g/mol. The lowest BCUT2D eigenvalue weighted by atomic mass is 9.94. The van der Waals surface area contributed by atoms with Crippen molar-refractivity contribution in [1.82, 2.24) is 16.0 Å². The maximum absolute atomic E-state index is 13.7. The van der Waals surface area contributed by atoms with E-state index in [0.717, 1.165) is 30.4 Å². The van der Waals surface area contributed by atoms with Crippen molar-refractivity contribution in [3.05, 3.63) is 71.8 Å². The molecule has 2 aromatic carbocycles. The van der Waals surface area contributed by atoms with Crippen molar-refractivity contribution in [1.29, 1.82) is 0 Å². The van der Waals surface area contributed by atoms with Gasteiger partial charge >= 0.3 is 5.97 Å². The van der Waals surface area contributed by atoms with Crippen LogP contribution in [0.2, 0.25) is 0 Å². The van der Waals surface area contributed by atoms with E-state index in [-0.39, 0.29) is 37.0 Å². The lowest BCUT2D eigenvalue weighted by molar-refractivity contribution is -0.158. The predicted molar refractivity (Wildman–Crippen MR) is 159 cm³/mol. The monoisotopic (exact) mass is 563 g/mol. The quantitative estimate of drug-likeness (QED) is 0.377. The number of hydrogen-bond acceptors (Lipinski definition) is 5. The Morgan fingerprint density at radius 1 is 0.756 bits per heavy atom. The molecule has 2 aromatic rings. The topological polar surface area (TPSA) is 114 Å². The predicted octanol–water partition coefficient (Wildman–Crippen LogP) is 4.11. The third-order valence-corrected chi connectivity index (χ3v) is 7.92. The fourth-order valence-corrected chi connectivity index (χ4v) is 5.04. The van der Waals surface area contributed by atoms with Crippen LogP contribution in [0.3, 0.4) is 0 Å². The third kappa shape index (κ3) is 9.73. The van der Waals surface area contributed by atoms with E-state index in [4.69, 9.17) is 4.74 Å². The molecule has 1 saturated heterocycles. The van der Waals surface area contributed by atoms with E-state index >= 15 is 0 Å². The molecule has 0 aliphatic carbocycles. The van der Waals surface area contributed by atoms with Crippen molar-refractivity contribution in [2.45, 2.75) is 96.9 Å². The van der Waals surface area contributed by atoms with Crippen LogP contribution < -0.4 is 16.0 Å². The Hall–Kier alpha value is -3.68. The summed E-state index contributed by atoms with van der Waals surface area (Å²) in [4.78, 5) is 54.3. The molecule has 0 spiro atoms. The minimum atomic E-state index is -0.959. The number of ether oxygens (including phenoxy) is 1. The zero-order chi connectivity index (χ0) is 29.8. The van der Waals surface area contributed by atoms with E-state index in [1.54, 1.807) is 0 Å². The summed E-state index contributed by atoms with van der Waals surface area (Å²) in [5.74, 6) is -2.14. The van der Waals surface area contributed by atoms with Crippen LogP contribution in [-0.4, -0.2) is 47.9 Å². The summed E-state index contributed by atoms with van der Waals surface area (Å²) in [6.07, 6.45) is 3.06. The van der Waals surface area contributed by atoms with Crippen molar-refractivity contribution in [2.75, 3.05) is 0 Å². The van der Waals surface area contributed by atoms with E-state index in [0.29, 0.717) is 6.42 Å². The highest BCUT2D eigenvalue weighted by molar-refractivity contribution is 5.94. The molecule has 41 heavy (non-hydrogen) atoms. The molecule has 1 aliphatic rings. The summed E-state index contributed by atoms with van der Waals surface area (Å²) >= 11 is 0. The van der Waals surface area contributed by atoms with Gasteiger partial charge in [-0.25, -0.2) is 4.79 Å². The Morgan fingerprint density at radius 3 is 1.83 bits per heavy atom. The number of benzene rings is 2. The molecule has 0 saturated carbocycles. The Labute approximate surface area is 244 Å². The van der Waals surface area contributed by atoms with Crippen LogP contribution in [0, 0.1) is 11.8 Å². The second-order valence-electron chi connectivity index (χ2n) is 11.2. The molecular formula is C33H45N3O5. The minimum absolute atomic E-state index is 0.0657. The van der Waals surface area contributed by atoms with Gasteiger partial charge in [-0.15, -0.1) is 0 Å². The van der Waals surface area contributed by atoms with Gasteiger partial charge in [0.1, 0.15) is 24.2 Å². The highest BCUT2D eigenvalue weighted by Crippen LogP contribution is 2.21. The normalized spacial score (nSPS) is 23.9. The first-order valence-electron chi connectivity index (χ1n) is 14.9. The summed E-state index contributed by atoms with van der Waals surface area (Å²) in [5, 5.41) is 8.65. The van der Waals surface area contributed by atoms with Crippen molar-refractivity contribution in [3.63, 3.8) is 0 Å². The van der Waals surface area contributed by atoms with Crippen LogP contribution in [0.15, 0.2) is 60.7 Å². The van der Waals surface area contributed by atoms with Crippen LogP contribution in [0.25, 0.3) is 0 Å². The Morgan fingerprint density at radius 2 is 1.29 bits per heavy atom. The Balaban J connectivity index is 1.99. The molecule has 222 valence electrons. The lowest BCUT2D eigenvalue weighted by Gasteiger charge is -2.29. The number of rotatable bonds is 10. The number of esters is 1. The first-order chi connectivity index (χ1) is 19.7. The van der Waals surface area contributed by atoms with Gasteiger partial charge in [0.2, 0.25) is 17.7 Å². The van der Waals surface area contributed by atoms with Crippen LogP contribution in [0.1, 0.15) is 70.9 Å². The van der Waals surface area contributed by atoms with Crippen LogP contribution >= 0.6 is 0 Å². The SMILES string of the molecule is CCCC[C@H](C)[C@H]1CC(=O)N[C@@H](Cc2ccccc2)C(=O)N[C@@H](Cc2ccccc2)C(=O)N[C@H]([C@@H](C)CC)C(=O)O1. The number of carbonyl (C=O) groups is 4. The molecule has 0 aromatic heterocycles. The van der Waals surface area contributed by atoms with Crippen molar-refractivity contribution in [2.24, 2.45) is 11.8 Å². The van der Waals surface area contributed by atoms with Gasteiger partial charge in [-0.3, -0.25) is 14.4 Å². The summed E-state index contributed by atoms with van der Waals surface area (Å²) in [7, 11) is 0. The second-order valence-corrected chi connectivity index (χ2v) is 11.2. The van der Waals surface area contributed by atoms with E-state index in [1.807, 2.05) is 81.4 Å². The molecule has 8 heteroatoms. The van der Waals surface area contributed by atoms with Crippen molar-refractivity contribution < 1.29 is 23.9 Å². The maximum Gasteiger partial charge on any atom is 0.329 e. The van der Waals surface area contributed by atoms with Gasteiger partial charge in [-0.1, -0.05) is 108 Å². The number of unbranched alkanes of at least 4 members (excludes halogenated alkanes) is 1. The second kappa shape index (κ2) is 15.9. The summed E-state index contributed by atoms with van der Waals surface area (Å²) in [5.41, 5.74) is 1.73. The first-order valence-corrected chi connectivity index (χ1v) is 14.9. The average molecular weight is 564 g/mol. The van der Waals surface area contributed by atoms with Gasteiger partial charge in [0.15, 0.2) is 0 Å². The molecule has 3 rings (SSSR count). The third-order valence-electron chi connectivity index (χ3n) is 7.92. The van der Waals surface area contributed by atoms with Crippen LogP contribution in [0.4, 0.5) is 0 Å². The molecule has 8 nitrogen and oxygen atoms in total. The van der Waals surface area contributed by atoms with Gasteiger partial charge in [-0.05, 0) is 29.4 Å². The molecule has 0 unspecified atom stereocenters. The molecule has 1 aliphatic heterocycles. The standard InChI is InChI=1S/C33H45N3O5/c1-5-7-14-23(4)28-21-29(37)34-26(19-24-15-10-8-11-16-24)31(38)35-27(20-25-17-12-9-13-18-25)32(39)36-30(22(3)6-2)33(40)41-28/h8-13,15-18,22-23,26-28,30H,5-7,14,19-21H2,1-4H3,(H,34,37)(H,35,38)(H,36,39)/t22-,23-,26-,27-,28+,30+/m0/s1. The largest absolute Gasteiger partial charge is 0.460 e. The highest BCUT2D eigenvalue weighted by Gasteiger charge is 2.36. The number of cyclic esters (lactones) is 1. The maximum atomic E-state index is 13.7. The van der Waals surface area contributed by atoms with Crippen LogP contribution in [0.5, 0.6) is 0 Å². The zero-order valence-corrected chi connectivity index (χ0v) is 24.7. The summed E-state index contributed by atoms with van der Waals surface area (Å²) in [6, 6.07) is 16.0. The van der Waals surface area contributed by atoms with Gasteiger partial charge in [0, 0.05) is 12.8 Å². The van der Waals surface area contributed by atoms with Crippen molar-refractivity contribution >= 4 is 23.7 Å². The van der Waals surface area contributed by atoms with E-state index in [1.165, 1.54) is 0 Å². The number of amides is 3. The first kappa shape index (κ1) is 31.8. The van der Waals surface area contributed by atoms with Gasteiger partial charge in [-0.2, -0.15) is 0 Å². The molecule has 1 heterocycles. The fraction of sp³-hybridized carbons (Fsp3) is 0.515. The Kier molecular flexibility index (Phi) is 12.4. The molecule has 3 N–H and O–H groups in total. The fourth-order valence-electron chi connectivity index (χ4n) is 5.04. The summed E-state index contributed by atoms with van der Waals surface area (Å²) in [6.45, 7) is 7.88. The smallest absolute Gasteiger partial charge is 0.329 e.